The second kappa shape index (κ2) is 17.5. The van der Waals surface area contributed by atoms with Gasteiger partial charge < -0.3 is 41.2 Å². The molecule has 1 unspecified atom stereocenters. The van der Waals surface area contributed by atoms with Gasteiger partial charge in [0.25, 0.3) is 5.91 Å². The number of benzene rings is 3. The number of nitrogens with one attached hydrogen (secondary N) is 5. The van der Waals surface area contributed by atoms with E-state index in [1.807, 2.05) is 9.24 Å². The molecule has 3 aromatic carbocycles. The molecule has 2 amide bonds. The summed E-state index contributed by atoms with van der Waals surface area (Å²) in [6.45, 7) is 2.10. The molecule has 46 heavy (non-hydrogen) atoms. The lowest BCUT2D eigenvalue weighted by Gasteiger charge is -2.12. The summed E-state index contributed by atoms with van der Waals surface area (Å²) in [6, 6.07) is 15.8. The molecule has 0 spiro atoms. The van der Waals surface area contributed by atoms with Gasteiger partial charge >= 0.3 is 0 Å². The molecule has 0 aliphatic rings. The highest BCUT2D eigenvalue weighted by Crippen LogP contribution is 2.21. The van der Waals surface area contributed by atoms with E-state index in [4.69, 9.17) is 9.47 Å². The third-order valence-corrected chi connectivity index (χ3v) is 6.26. The number of ether oxygens (including phenoxy) is 2. The Balaban J connectivity index is 1.34. The third-order valence-electron chi connectivity index (χ3n) is 6.06. The number of aromatic hydroxyl groups is 1. The van der Waals surface area contributed by atoms with Crippen molar-refractivity contribution >= 4 is 50.0 Å². The Morgan fingerprint density at radius 2 is 1.33 bits per heavy atom. The van der Waals surface area contributed by atoms with Gasteiger partial charge in [0.1, 0.15) is 17.4 Å². The first-order valence-electron chi connectivity index (χ1n) is 14.1. The second-order valence-corrected chi connectivity index (χ2v) is 10.1. The maximum absolute atomic E-state index is 13.9. The van der Waals surface area contributed by atoms with E-state index in [0.29, 0.717) is 56.5 Å². The Morgan fingerprint density at radius 3 is 1.96 bits per heavy atom. The number of phenolic OH excluding ortho intramolecular Hbond substituents is 1. The Hall–Kier alpha value is -4.98. The van der Waals surface area contributed by atoms with Crippen LogP contribution in [0.5, 0.6) is 5.75 Å². The van der Waals surface area contributed by atoms with Crippen molar-refractivity contribution in [3.63, 3.8) is 0 Å². The van der Waals surface area contributed by atoms with E-state index in [-0.39, 0.29) is 41.4 Å². The van der Waals surface area contributed by atoms with Gasteiger partial charge in [-0.25, -0.2) is 8.78 Å². The van der Waals surface area contributed by atoms with Crippen molar-refractivity contribution in [3.8, 4) is 5.75 Å². The molecule has 1 heterocycles. The molecular formula is C30H33F2N8O5P. The monoisotopic (exact) mass is 654 g/mol. The smallest absolute Gasteiger partial charge is 0.251 e. The van der Waals surface area contributed by atoms with Crippen LogP contribution in [0.2, 0.25) is 0 Å². The summed E-state index contributed by atoms with van der Waals surface area (Å²) in [7, 11) is 2.03. The van der Waals surface area contributed by atoms with E-state index in [0.717, 1.165) is 18.2 Å². The molecule has 0 fully saturated rings. The van der Waals surface area contributed by atoms with Gasteiger partial charge in [-0.2, -0.15) is 15.0 Å². The van der Waals surface area contributed by atoms with Gasteiger partial charge in [0.05, 0.1) is 26.4 Å². The first-order valence-corrected chi connectivity index (χ1v) is 14.7. The Morgan fingerprint density at radius 1 is 0.739 bits per heavy atom. The summed E-state index contributed by atoms with van der Waals surface area (Å²) in [5.74, 6) is -0.874. The van der Waals surface area contributed by atoms with Crippen LogP contribution in [-0.4, -0.2) is 71.1 Å². The summed E-state index contributed by atoms with van der Waals surface area (Å²) in [6.07, 6.45) is 0. The summed E-state index contributed by atoms with van der Waals surface area (Å²) in [4.78, 5) is 36.6. The maximum atomic E-state index is 13.9. The van der Waals surface area contributed by atoms with Crippen LogP contribution >= 0.6 is 9.24 Å². The van der Waals surface area contributed by atoms with Crippen LogP contribution in [-0.2, 0) is 16.0 Å². The molecule has 0 radical (unpaired) electrons. The zero-order valence-electron chi connectivity index (χ0n) is 24.6. The van der Waals surface area contributed by atoms with E-state index in [1.54, 1.807) is 36.4 Å². The fourth-order valence-electron chi connectivity index (χ4n) is 3.83. The van der Waals surface area contributed by atoms with Crippen LogP contribution in [0.1, 0.15) is 15.9 Å². The van der Waals surface area contributed by atoms with Gasteiger partial charge in [0, 0.05) is 42.1 Å². The van der Waals surface area contributed by atoms with Crippen molar-refractivity contribution in [2.75, 3.05) is 55.5 Å². The van der Waals surface area contributed by atoms with Gasteiger partial charge in [-0.15, -0.1) is 0 Å². The number of phenols is 1. The highest BCUT2D eigenvalue weighted by molar-refractivity contribution is 7.39. The Bertz CT molecular complexity index is 1600. The minimum absolute atomic E-state index is 0.0396. The topological polar surface area (TPSA) is 172 Å². The number of amides is 2. The number of aromatic nitrogens is 3. The van der Waals surface area contributed by atoms with Gasteiger partial charge in [-0.05, 0) is 76.0 Å². The molecule has 4 aromatic rings. The lowest BCUT2D eigenvalue weighted by atomic mass is 10.1. The molecule has 0 aliphatic heterocycles. The first-order chi connectivity index (χ1) is 22.2. The van der Waals surface area contributed by atoms with Crippen LogP contribution in [0.4, 0.5) is 42.8 Å². The zero-order valence-corrected chi connectivity index (χ0v) is 25.7. The number of nitrogens with zero attached hydrogens (tertiary/aromatic N) is 3. The van der Waals surface area contributed by atoms with Gasteiger partial charge in [-0.1, -0.05) is 0 Å². The SMILES string of the molecule is O=C(P)NCCOCCOCCNc1nc(Nc2ccc(O)cc2)nc(Nc2ccc(C(=O)NCc3cc(F)ccc3F)cc2)n1. The van der Waals surface area contributed by atoms with E-state index < -0.39 is 17.5 Å². The number of carbonyl (C=O) groups excluding carboxylic acids is 2. The summed E-state index contributed by atoms with van der Waals surface area (Å²) in [5.41, 5.74) is 1.36. The number of rotatable bonds is 17. The van der Waals surface area contributed by atoms with Crippen LogP contribution in [0.25, 0.3) is 0 Å². The van der Waals surface area contributed by atoms with Crippen molar-refractivity contribution in [1.82, 2.24) is 25.6 Å². The van der Waals surface area contributed by atoms with Gasteiger partial charge in [0.15, 0.2) is 0 Å². The molecule has 4 rings (SSSR count). The Labute approximate surface area is 265 Å². The van der Waals surface area contributed by atoms with Crippen molar-refractivity contribution in [2.45, 2.75) is 6.54 Å². The van der Waals surface area contributed by atoms with Crippen molar-refractivity contribution in [1.29, 1.82) is 0 Å². The quantitative estimate of drug-likeness (QED) is 0.0545. The van der Waals surface area contributed by atoms with E-state index in [9.17, 15) is 23.5 Å². The second-order valence-electron chi connectivity index (χ2n) is 9.54. The zero-order chi connectivity index (χ0) is 32.7. The predicted octanol–water partition coefficient (Wildman–Crippen LogP) is 4.30. The van der Waals surface area contributed by atoms with Gasteiger partial charge in [-0.3, -0.25) is 9.59 Å². The largest absolute Gasteiger partial charge is 0.508 e. The molecule has 16 heteroatoms. The normalized spacial score (nSPS) is 10.7. The standard InChI is InChI=1S/C30H33F2N8O5P/c31-21-3-10-25(32)20(17-21)18-35-26(42)19-1-4-22(5-2-19)36-28-38-27(33-11-13-44-15-16-45-14-12-34-30(43)46)39-29(40-28)37-23-6-8-24(41)9-7-23/h1-10,17,41H,11-16,18,46H2,(H,34,43)(H,35,42)(H3,33,36,37,38,39,40). The van der Waals surface area contributed by atoms with Crippen molar-refractivity contribution < 1.29 is 33.0 Å². The fourth-order valence-corrected chi connectivity index (χ4v) is 3.98. The molecule has 0 bridgehead atoms. The number of anilines is 5. The summed E-state index contributed by atoms with van der Waals surface area (Å²) < 4.78 is 38.2. The molecular weight excluding hydrogens is 621 g/mol. The lowest BCUT2D eigenvalue weighted by Crippen LogP contribution is -2.23. The summed E-state index contributed by atoms with van der Waals surface area (Å²) >= 11 is 0. The first kappa shape index (κ1) is 33.9. The maximum Gasteiger partial charge on any atom is 0.251 e. The molecule has 1 atom stereocenters. The molecule has 0 saturated heterocycles. The van der Waals surface area contributed by atoms with E-state index >= 15 is 0 Å². The molecule has 0 saturated carbocycles. The molecule has 13 nitrogen and oxygen atoms in total. The number of carbonyl (C=O) groups is 2. The summed E-state index contributed by atoms with van der Waals surface area (Å²) in [5, 5.41) is 24.0. The van der Waals surface area contributed by atoms with Crippen LogP contribution < -0.4 is 26.6 Å². The fraction of sp³-hybridized carbons (Fsp3) is 0.233. The molecule has 0 aliphatic carbocycles. The van der Waals surface area contributed by atoms with E-state index in [2.05, 4.69) is 41.5 Å². The van der Waals surface area contributed by atoms with E-state index in [1.165, 1.54) is 12.1 Å². The number of hydrogen-bond acceptors (Lipinski definition) is 11. The predicted molar refractivity (Wildman–Crippen MR) is 172 cm³/mol. The number of halogens is 2. The minimum Gasteiger partial charge on any atom is -0.508 e. The van der Waals surface area contributed by atoms with Crippen molar-refractivity contribution in [2.24, 2.45) is 0 Å². The number of hydrogen-bond donors (Lipinski definition) is 6. The van der Waals surface area contributed by atoms with Gasteiger partial charge in [0.2, 0.25) is 23.5 Å². The molecule has 242 valence electrons. The van der Waals surface area contributed by atoms with Crippen LogP contribution in [0.3, 0.4) is 0 Å². The van der Waals surface area contributed by atoms with Crippen molar-refractivity contribution in [3.05, 3.63) is 89.5 Å². The average molecular weight is 655 g/mol. The average Bonchev–Trinajstić information content (AvgIpc) is 3.03. The highest BCUT2D eigenvalue weighted by Gasteiger charge is 2.11. The third kappa shape index (κ3) is 11.5. The van der Waals surface area contributed by atoms with Crippen LogP contribution in [0.15, 0.2) is 66.7 Å². The Kier molecular flexibility index (Phi) is 12.9. The minimum atomic E-state index is -0.611. The lowest BCUT2D eigenvalue weighted by molar-refractivity contribution is 0.0535. The molecule has 1 aromatic heterocycles. The van der Waals surface area contributed by atoms with Crippen LogP contribution in [0, 0.1) is 11.6 Å². The highest BCUT2D eigenvalue weighted by atomic mass is 31.0. The molecule has 6 N–H and O–H groups in total.